The lowest BCUT2D eigenvalue weighted by atomic mass is 9.88. The summed E-state index contributed by atoms with van der Waals surface area (Å²) in [6.07, 6.45) is 3.31. The van der Waals surface area contributed by atoms with E-state index in [2.05, 4.69) is 10.6 Å². The maximum absolute atomic E-state index is 14.0. The number of carbonyl (C=O) groups is 5. The summed E-state index contributed by atoms with van der Waals surface area (Å²) in [4.78, 5) is 70.2. The Balaban J connectivity index is 1.47. The molecule has 0 aromatic heterocycles. The van der Waals surface area contributed by atoms with E-state index in [1.54, 1.807) is 4.90 Å². The van der Waals surface area contributed by atoms with Crippen LogP contribution < -0.4 is 22.1 Å². The molecule has 0 aliphatic carbocycles. The van der Waals surface area contributed by atoms with E-state index in [4.69, 9.17) is 11.5 Å². The molecular formula is C38H54N6O6. The number of aliphatic carboxylic acids is 1. The SMILES string of the molecule is CC(C)CC(CC(=O)C(Cc1ccccc1)NC(=O)C(N)Cc1ccccc1)C(=O)NC(CCCCN)C(=O)N1CC2CC1CN2CC(=O)O. The number of nitrogens with zero attached hydrogens (tertiary/aromatic N) is 2. The topological polar surface area (TPSA) is 188 Å². The first-order valence-electron chi connectivity index (χ1n) is 17.9. The monoisotopic (exact) mass is 690 g/mol. The van der Waals surface area contributed by atoms with Crippen molar-refractivity contribution >= 4 is 29.5 Å². The highest BCUT2D eigenvalue weighted by Gasteiger charge is 2.47. The first kappa shape index (κ1) is 38.7. The lowest BCUT2D eigenvalue weighted by Crippen LogP contribution is -2.56. The molecule has 4 rings (SSSR count). The molecule has 3 amide bonds. The zero-order valence-electron chi connectivity index (χ0n) is 29.3. The summed E-state index contributed by atoms with van der Waals surface area (Å²) in [5.74, 6) is -2.82. The quantitative estimate of drug-likeness (QED) is 0.129. The lowest BCUT2D eigenvalue weighted by Gasteiger charge is -2.36. The molecule has 12 heteroatoms. The largest absolute Gasteiger partial charge is 0.480 e. The van der Waals surface area contributed by atoms with Crippen LogP contribution in [0.1, 0.15) is 63.5 Å². The van der Waals surface area contributed by atoms with Gasteiger partial charge in [-0.3, -0.25) is 28.9 Å². The summed E-state index contributed by atoms with van der Waals surface area (Å²) >= 11 is 0. The van der Waals surface area contributed by atoms with Crippen molar-refractivity contribution in [1.82, 2.24) is 20.4 Å². The summed E-state index contributed by atoms with van der Waals surface area (Å²) in [5, 5.41) is 15.1. The summed E-state index contributed by atoms with van der Waals surface area (Å²) < 4.78 is 0. The average molecular weight is 691 g/mol. The van der Waals surface area contributed by atoms with Gasteiger partial charge in [-0.2, -0.15) is 0 Å². The van der Waals surface area contributed by atoms with Crippen molar-refractivity contribution in [3.63, 3.8) is 0 Å². The Labute approximate surface area is 295 Å². The fourth-order valence-electron chi connectivity index (χ4n) is 7.20. The lowest BCUT2D eigenvalue weighted by molar-refractivity contribution is -0.142. The molecule has 0 radical (unpaired) electrons. The average Bonchev–Trinajstić information content (AvgIpc) is 3.68. The molecule has 2 aliphatic heterocycles. The van der Waals surface area contributed by atoms with Crippen LogP contribution in [0.4, 0.5) is 0 Å². The standard InChI is InChI=1S/C38H54N6O6/c1-25(2)17-28(36(48)41-32(15-9-10-16-39)38(50)44-23-29-21-30(44)22-43(29)24-35(46)47)20-34(45)33(19-27-13-7-4-8-14-27)42-37(49)31(40)18-26-11-5-3-6-12-26/h3-8,11-14,25,28-33H,9-10,15-24,39-40H2,1-2H3,(H,41,48)(H,42,49)(H,46,47). The highest BCUT2D eigenvalue weighted by Crippen LogP contribution is 2.31. The number of fused-ring (bicyclic) bond motifs is 2. The van der Waals surface area contributed by atoms with Crippen molar-refractivity contribution in [2.75, 3.05) is 26.2 Å². The number of nitrogens with one attached hydrogen (secondary N) is 2. The molecule has 6 atom stereocenters. The number of carboxylic acid groups (broad SMARTS) is 1. The number of nitrogens with two attached hydrogens (primary N) is 2. The minimum absolute atomic E-state index is 0.0238. The minimum Gasteiger partial charge on any atom is -0.480 e. The van der Waals surface area contributed by atoms with Crippen LogP contribution in [0.3, 0.4) is 0 Å². The summed E-state index contributed by atoms with van der Waals surface area (Å²) in [6.45, 7) is 5.26. The van der Waals surface area contributed by atoms with Crippen LogP contribution in [-0.4, -0.2) is 101 Å². The molecule has 2 heterocycles. The van der Waals surface area contributed by atoms with E-state index in [1.807, 2.05) is 79.4 Å². The van der Waals surface area contributed by atoms with Gasteiger partial charge < -0.3 is 32.1 Å². The van der Waals surface area contributed by atoms with Crippen molar-refractivity contribution in [1.29, 1.82) is 0 Å². The van der Waals surface area contributed by atoms with Crippen molar-refractivity contribution in [2.45, 2.75) is 95.4 Å². The smallest absolute Gasteiger partial charge is 0.317 e. The number of carbonyl (C=O) groups excluding carboxylic acids is 4. The number of rotatable bonds is 20. The first-order chi connectivity index (χ1) is 23.9. The Morgan fingerprint density at radius 1 is 0.840 bits per heavy atom. The third-order valence-corrected chi connectivity index (χ3v) is 9.73. The fourth-order valence-corrected chi connectivity index (χ4v) is 7.20. The molecule has 272 valence electrons. The van der Waals surface area contributed by atoms with Gasteiger partial charge in [0.15, 0.2) is 5.78 Å². The maximum atomic E-state index is 14.0. The van der Waals surface area contributed by atoms with Gasteiger partial charge in [0.2, 0.25) is 17.7 Å². The highest BCUT2D eigenvalue weighted by atomic mass is 16.4. The summed E-state index contributed by atoms with van der Waals surface area (Å²) in [7, 11) is 0. The van der Waals surface area contributed by atoms with Crippen molar-refractivity contribution in [3.8, 4) is 0 Å². The van der Waals surface area contributed by atoms with Gasteiger partial charge in [-0.15, -0.1) is 0 Å². The zero-order chi connectivity index (χ0) is 36.2. The van der Waals surface area contributed by atoms with Crippen molar-refractivity contribution in [3.05, 3.63) is 71.8 Å². The molecule has 6 unspecified atom stereocenters. The molecule has 0 saturated carbocycles. The van der Waals surface area contributed by atoms with E-state index < -0.39 is 35.9 Å². The number of hydrogen-bond acceptors (Lipinski definition) is 8. The Morgan fingerprint density at radius 3 is 2.02 bits per heavy atom. The molecule has 2 aromatic carbocycles. The summed E-state index contributed by atoms with van der Waals surface area (Å²) in [6, 6.07) is 16.1. The zero-order valence-corrected chi connectivity index (χ0v) is 29.3. The second kappa shape index (κ2) is 18.7. The number of Topliss-reactive ketones (excluding diaryl/α,β-unsaturated/α-hetero) is 1. The third kappa shape index (κ3) is 11.2. The third-order valence-electron chi connectivity index (χ3n) is 9.73. The molecule has 2 aliphatic rings. The van der Waals surface area contributed by atoms with Crippen LogP contribution in [0.15, 0.2) is 60.7 Å². The maximum Gasteiger partial charge on any atom is 0.317 e. The second-order valence-electron chi connectivity index (χ2n) is 14.2. The molecule has 0 spiro atoms. The van der Waals surface area contributed by atoms with Crippen LogP contribution in [0, 0.1) is 11.8 Å². The molecule has 7 N–H and O–H groups in total. The number of ketones is 1. The van der Waals surface area contributed by atoms with Gasteiger partial charge in [-0.25, -0.2) is 0 Å². The van der Waals surface area contributed by atoms with E-state index in [1.165, 1.54) is 0 Å². The molecule has 2 bridgehead atoms. The molecule has 2 fully saturated rings. The van der Waals surface area contributed by atoms with Gasteiger partial charge in [-0.1, -0.05) is 74.5 Å². The van der Waals surface area contributed by atoms with Gasteiger partial charge in [0.1, 0.15) is 6.04 Å². The van der Waals surface area contributed by atoms with E-state index in [9.17, 15) is 29.1 Å². The number of amides is 3. The number of hydrogen-bond donors (Lipinski definition) is 5. The van der Waals surface area contributed by atoms with E-state index in [0.29, 0.717) is 58.2 Å². The Bertz CT molecular complexity index is 1440. The van der Waals surface area contributed by atoms with Crippen LogP contribution in [0.2, 0.25) is 0 Å². The van der Waals surface area contributed by atoms with Crippen LogP contribution in [0.25, 0.3) is 0 Å². The number of carboxylic acids is 1. The number of unbranched alkanes of at least 4 members (excludes halogenated alkanes) is 1. The second-order valence-corrected chi connectivity index (χ2v) is 14.2. The number of benzene rings is 2. The fraction of sp³-hybridized carbons (Fsp3) is 0.553. The Hall–Kier alpha value is -4.13. The van der Waals surface area contributed by atoms with E-state index in [0.717, 1.165) is 11.1 Å². The Morgan fingerprint density at radius 2 is 1.46 bits per heavy atom. The number of likely N-dealkylation sites (tertiary alicyclic amines) is 2. The predicted molar refractivity (Wildman–Crippen MR) is 191 cm³/mol. The molecule has 2 aromatic rings. The predicted octanol–water partition coefficient (Wildman–Crippen LogP) is 1.89. The normalized spacial score (nSPS) is 19.5. The van der Waals surface area contributed by atoms with Gasteiger partial charge in [0.25, 0.3) is 0 Å². The van der Waals surface area contributed by atoms with Gasteiger partial charge >= 0.3 is 5.97 Å². The van der Waals surface area contributed by atoms with Crippen molar-refractivity contribution < 1.29 is 29.1 Å². The summed E-state index contributed by atoms with van der Waals surface area (Å²) in [5.41, 5.74) is 13.8. The molecular weight excluding hydrogens is 636 g/mol. The van der Waals surface area contributed by atoms with Gasteiger partial charge in [0.05, 0.1) is 18.6 Å². The Kier molecular flexibility index (Phi) is 14.5. The van der Waals surface area contributed by atoms with Gasteiger partial charge in [0, 0.05) is 37.5 Å². The molecule has 2 saturated heterocycles. The van der Waals surface area contributed by atoms with Crippen LogP contribution >= 0.6 is 0 Å². The van der Waals surface area contributed by atoms with Crippen LogP contribution in [0.5, 0.6) is 0 Å². The number of piperazine rings is 1. The molecule has 50 heavy (non-hydrogen) atoms. The molecule has 12 nitrogen and oxygen atoms in total. The minimum atomic E-state index is -0.898. The van der Waals surface area contributed by atoms with Crippen LogP contribution in [-0.2, 0) is 36.8 Å². The van der Waals surface area contributed by atoms with E-state index in [-0.39, 0.29) is 55.0 Å². The highest BCUT2D eigenvalue weighted by molar-refractivity contribution is 5.95. The van der Waals surface area contributed by atoms with Gasteiger partial charge in [-0.05, 0) is 68.5 Å². The van der Waals surface area contributed by atoms with Crippen molar-refractivity contribution in [2.24, 2.45) is 23.3 Å². The van der Waals surface area contributed by atoms with E-state index >= 15 is 0 Å². The first-order valence-corrected chi connectivity index (χ1v) is 17.9.